The number of urea groups is 1. The number of benzene rings is 3. The van der Waals surface area contributed by atoms with Crippen molar-refractivity contribution in [2.75, 3.05) is 20.3 Å². The number of allylic oxidation sites excluding steroid dienone is 1. The number of hydrazone groups is 1. The van der Waals surface area contributed by atoms with Crippen LogP contribution in [0.3, 0.4) is 0 Å². The standard InChI is InChI=1S/C31H30Cl2N4O7/c1-4-42-30(39)28-18(2)35-31(40)36-29(28)20-8-10-25(26(14-20)41-3)44-17-27(38)37-34-15-21-13-23(33)9-11-24(21)43-16-19-6-5-7-22(32)12-19/h5-15,29H,4,16-17H2,1-3H3,(H,37,38)(H2,35,36,40)/b34-15+/t29-/m0/s1. The number of methoxy groups -OCH3 is 1. The van der Waals surface area contributed by atoms with Gasteiger partial charge in [0.2, 0.25) is 0 Å². The van der Waals surface area contributed by atoms with Crippen LogP contribution < -0.4 is 30.3 Å². The molecule has 3 amide bonds. The molecule has 3 aromatic carbocycles. The van der Waals surface area contributed by atoms with E-state index in [2.05, 4.69) is 21.2 Å². The summed E-state index contributed by atoms with van der Waals surface area (Å²) in [6.07, 6.45) is 1.41. The number of nitrogens with one attached hydrogen (secondary N) is 3. The van der Waals surface area contributed by atoms with Crippen molar-refractivity contribution in [2.45, 2.75) is 26.5 Å². The minimum atomic E-state index is -0.783. The van der Waals surface area contributed by atoms with Crippen LogP contribution in [-0.2, 0) is 20.9 Å². The number of carbonyl (C=O) groups excluding carboxylic acids is 3. The average Bonchev–Trinajstić information content (AvgIpc) is 2.99. The van der Waals surface area contributed by atoms with Gasteiger partial charge in [-0.25, -0.2) is 15.0 Å². The van der Waals surface area contributed by atoms with Crippen LogP contribution in [-0.4, -0.2) is 44.4 Å². The molecule has 1 aliphatic heterocycles. The number of ether oxygens (including phenoxy) is 4. The normalized spacial score (nSPS) is 14.5. The number of hydrogen-bond acceptors (Lipinski definition) is 8. The van der Waals surface area contributed by atoms with Gasteiger partial charge in [0, 0.05) is 21.3 Å². The summed E-state index contributed by atoms with van der Waals surface area (Å²) >= 11 is 12.2. The van der Waals surface area contributed by atoms with E-state index in [1.165, 1.54) is 13.3 Å². The summed E-state index contributed by atoms with van der Waals surface area (Å²) in [6.45, 7) is 3.39. The molecule has 44 heavy (non-hydrogen) atoms. The lowest BCUT2D eigenvalue weighted by molar-refractivity contribution is -0.139. The van der Waals surface area contributed by atoms with Crippen LogP contribution in [0, 0.1) is 0 Å². The quantitative estimate of drug-likeness (QED) is 0.139. The minimum Gasteiger partial charge on any atom is -0.493 e. The van der Waals surface area contributed by atoms with E-state index in [4.69, 9.17) is 42.1 Å². The molecule has 0 fully saturated rings. The van der Waals surface area contributed by atoms with E-state index in [1.54, 1.807) is 62.4 Å². The number of carbonyl (C=O) groups is 3. The van der Waals surface area contributed by atoms with Crippen LogP contribution in [0.5, 0.6) is 17.2 Å². The zero-order valence-electron chi connectivity index (χ0n) is 24.1. The zero-order valence-corrected chi connectivity index (χ0v) is 25.6. The van der Waals surface area contributed by atoms with E-state index in [-0.39, 0.29) is 36.9 Å². The van der Waals surface area contributed by atoms with Crippen molar-refractivity contribution >= 4 is 47.3 Å². The monoisotopic (exact) mass is 640 g/mol. The molecule has 4 rings (SSSR count). The van der Waals surface area contributed by atoms with E-state index < -0.39 is 23.9 Å². The molecular formula is C31H30Cl2N4O7. The van der Waals surface area contributed by atoms with Crippen LogP contribution in [0.4, 0.5) is 4.79 Å². The molecule has 1 heterocycles. The smallest absolute Gasteiger partial charge is 0.338 e. The van der Waals surface area contributed by atoms with Crippen LogP contribution in [0.1, 0.15) is 36.6 Å². The lowest BCUT2D eigenvalue weighted by atomic mass is 9.95. The second-order valence-corrected chi connectivity index (χ2v) is 10.3. The van der Waals surface area contributed by atoms with Crippen LogP contribution in [0.2, 0.25) is 10.0 Å². The summed E-state index contributed by atoms with van der Waals surface area (Å²) in [5.41, 5.74) is 5.04. The molecular weight excluding hydrogens is 611 g/mol. The molecule has 0 bridgehead atoms. The Kier molecular flexibility index (Phi) is 11.1. The third-order valence-corrected chi connectivity index (χ3v) is 6.76. The molecule has 0 saturated heterocycles. The Bertz CT molecular complexity index is 1610. The fourth-order valence-corrected chi connectivity index (χ4v) is 4.69. The second-order valence-electron chi connectivity index (χ2n) is 9.38. The fraction of sp³-hybridized carbons (Fsp3) is 0.226. The molecule has 0 radical (unpaired) electrons. The van der Waals surface area contributed by atoms with Crippen LogP contribution >= 0.6 is 23.2 Å². The van der Waals surface area contributed by atoms with Gasteiger partial charge in [-0.15, -0.1) is 0 Å². The van der Waals surface area contributed by atoms with Gasteiger partial charge in [0.1, 0.15) is 12.4 Å². The average molecular weight is 642 g/mol. The first kappa shape index (κ1) is 32.2. The van der Waals surface area contributed by atoms with Gasteiger partial charge in [-0.3, -0.25) is 4.79 Å². The summed E-state index contributed by atoms with van der Waals surface area (Å²) in [4.78, 5) is 37.3. The van der Waals surface area contributed by atoms with E-state index in [0.29, 0.717) is 32.6 Å². The Morgan fingerprint density at radius 1 is 1.00 bits per heavy atom. The molecule has 0 spiro atoms. The van der Waals surface area contributed by atoms with Crippen molar-refractivity contribution in [3.05, 3.63) is 98.7 Å². The van der Waals surface area contributed by atoms with Crippen molar-refractivity contribution < 1.29 is 33.3 Å². The first-order chi connectivity index (χ1) is 21.2. The predicted octanol–water partition coefficient (Wildman–Crippen LogP) is 5.30. The Labute approximate surface area is 264 Å². The van der Waals surface area contributed by atoms with Crippen molar-refractivity contribution in [2.24, 2.45) is 5.10 Å². The maximum absolute atomic E-state index is 12.6. The van der Waals surface area contributed by atoms with Gasteiger partial charge in [0.15, 0.2) is 18.1 Å². The van der Waals surface area contributed by atoms with Crippen molar-refractivity contribution in [1.82, 2.24) is 16.1 Å². The zero-order chi connectivity index (χ0) is 31.6. The van der Waals surface area contributed by atoms with Crippen LogP contribution in [0.25, 0.3) is 0 Å². The van der Waals surface area contributed by atoms with Gasteiger partial charge in [-0.05, 0) is 67.4 Å². The first-order valence-electron chi connectivity index (χ1n) is 13.4. The van der Waals surface area contributed by atoms with Gasteiger partial charge in [-0.1, -0.05) is 41.4 Å². The van der Waals surface area contributed by atoms with E-state index >= 15 is 0 Å². The van der Waals surface area contributed by atoms with Gasteiger partial charge < -0.3 is 29.6 Å². The number of esters is 1. The lowest BCUT2D eigenvalue weighted by Gasteiger charge is -2.28. The molecule has 1 atom stereocenters. The third kappa shape index (κ3) is 8.42. The number of hydrogen-bond donors (Lipinski definition) is 3. The summed E-state index contributed by atoms with van der Waals surface area (Å²) in [5, 5.41) is 10.4. The molecule has 0 aliphatic carbocycles. The highest BCUT2D eigenvalue weighted by Crippen LogP contribution is 2.34. The predicted molar refractivity (Wildman–Crippen MR) is 165 cm³/mol. The molecule has 0 unspecified atom stereocenters. The highest BCUT2D eigenvalue weighted by atomic mass is 35.5. The minimum absolute atomic E-state index is 0.177. The highest BCUT2D eigenvalue weighted by Gasteiger charge is 2.32. The lowest BCUT2D eigenvalue weighted by Crippen LogP contribution is -2.45. The van der Waals surface area contributed by atoms with E-state index in [9.17, 15) is 14.4 Å². The topological polar surface area (TPSA) is 137 Å². The largest absolute Gasteiger partial charge is 0.493 e. The number of nitrogens with zero attached hydrogens (tertiary/aromatic N) is 1. The number of rotatable bonds is 12. The summed E-state index contributed by atoms with van der Waals surface area (Å²) in [5.74, 6) is -0.0378. The van der Waals surface area contributed by atoms with Crippen molar-refractivity contribution in [3.63, 3.8) is 0 Å². The van der Waals surface area contributed by atoms with Gasteiger partial charge in [0.05, 0.1) is 31.5 Å². The first-order valence-corrected chi connectivity index (χ1v) is 14.2. The summed E-state index contributed by atoms with van der Waals surface area (Å²) in [6, 6.07) is 15.9. The second kappa shape index (κ2) is 15.1. The Morgan fingerprint density at radius 3 is 2.52 bits per heavy atom. The summed E-state index contributed by atoms with van der Waals surface area (Å²) in [7, 11) is 1.43. The SMILES string of the molecule is CCOC(=O)C1=C(C)NC(=O)N[C@H]1c1ccc(OCC(=O)N/N=C/c2cc(Cl)ccc2OCc2cccc(Cl)c2)c(OC)c1. The maximum Gasteiger partial charge on any atom is 0.338 e. The molecule has 11 nitrogen and oxygen atoms in total. The Balaban J connectivity index is 1.39. The van der Waals surface area contributed by atoms with Gasteiger partial charge in [0.25, 0.3) is 5.91 Å². The molecule has 0 aromatic heterocycles. The summed E-state index contributed by atoms with van der Waals surface area (Å²) < 4.78 is 22.2. The third-order valence-electron chi connectivity index (χ3n) is 6.29. The fourth-order valence-electron chi connectivity index (χ4n) is 4.30. The molecule has 3 N–H and O–H groups in total. The molecule has 0 saturated carbocycles. The molecule has 3 aromatic rings. The van der Waals surface area contributed by atoms with E-state index in [1.807, 2.05) is 12.1 Å². The van der Waals surface area contributed by atoms with Gasteiger partial charge >= 0.3 is 12.0 Å². The Hall–Kier alpha value is -4.74. The molecule has 1 aliphatic rings. The van der Waals surface area contributed by atoms with Crippen molar-refractivity contribution in [3.8, 4) is 17.2 Å². The van der Waals surface area contributed by atoms with E-state index in [0.717, 1.165) is 5.56 Å². The van der Waals surface area contributed by atoms with Gasteiger partial charge in [-0.2, -0.15) is 5.10 Å². The van der Waals surface area contributed by atoms with Crippen LogP contribution in [0.15, 0.2) is 77.0 Å². The number of halogens is 2. The molecule has 230 valence electrons. The number of amides is 3. The molecule has 13 heteroatoms. The maximum atomic E-state index is 12.6. The van der Waals surface area contributed by atoms with Crippen molar-refractivity contribution in [1.29, 1.82) is 0 Å². The highest BCUT2D eigenvalue weighted by molar-refractivity contribution is 6.31. The Morgan fingerprint density at radius 2 is 1.77 bits per heavy atom.